The second-order valence-corrected chi connectivity index (χ2v) is 5.10. The summed E-state index contributed by atoms with van der Waals surface area (Å²) in [5.41, 5.74) is 2.23. The minimum Gasteiger partial charge on any atom is -0.272 e. The lowest BCUT2D eigenvalue weighted by Crippen LogP contribution is -2.36. The first-order chi connectivity index (χ1) is 7.43. The Morgan fingerprint density at radius 1 is 1.19 bits per heavy atom. The van der Waals surface area contributed by atoms with E-state index in [1.165, 1.54) is 5.01 Å². The van der Waals surface area contributed by atoms with Crippen LogP contribution in [0, 0.1) is 5.41 Å². The molecule has 1 N–H and O–H groups in total. The molecule has 2 amide bonds. The van der Waals surface area contributed by atoms with Crippen LogP contribution in [0.4, 0.5) is 5.69 Å². The van der Waals surface area contributed by atoms with E-state index in [9.17, 15) is 9.59 Å². The molecule has 4 nitrogen and oxygen atoms in total. The summed E-state index contributed by atoms with van der Waals surface area (Å²) >= 11 is 3.31. The molecule has 0 radical (unpaired) electrons. The van der Waals surface area contributed by atoms with E-state index >= 15 is 0 Å². The maximum Gasteiger partial charge on any atom is 0.260 e. The first-order valence-corrected chi connectivity index (χ1v) is 5.63. The van der Waals surface area contributed by atoms with Crippen LogP contribution in [0.5, 0.6) is 0 Å². The molecule has 1 aromatic rings. The SMILES string of the molecule is CC1(C)C(=O)NN(c2ccc(Br)cc2)C1=O. The largest absolute Gasteiger partial charge is 0.272 e. The van der Waals surface area contributed by atoms with Crippen molar-refractivity contribution in [3.63, 3.8) is 0 Å². The van der Waals surface area contributed by atoms with Crippen molar-refractivity contribution in [1.29, 1.82) is 0 Å². The molecule has 84 valence electrons. The van der Waals surface area contributed by atoms with Crippen molar-refractivity contribution in [3.8, 4) is 0 Å². The molecule has 1 aliphatic heterocycles. The molecule has 0 unspecified atom stereocenters. The predicted octanol–water partition coefficient (Wildman–Crippen LogP) is 1.85. The number of nitrogens with one attached hydrogen (secondary N) is 1. The van der Waals surface area contributed by atoms with Crippen molar-refractivity contribution >= 4 is 33.4 Å². The Kier molecular flexibility index (Phi) is 2.50. The Labute approximate surface area is 102 Å². The fourth-order valence-corrected chi connectivity index (χ4v) is 1.71. The van der Waals surface area contributed by atoms with Gasteiger partial charge in [-0.25, -0.2) is 5.01 Å². The molecule has 0 spiro atoms. The van der Waals surface area contributed by atoms with Gasteiger partial charge in [0.05, 0.1) is 5.69 Å². The van der Waals surface area contributed by atoms with E-state index in [2.05, 4.69) is 21.4 Å². The summed E-state index contributed by atoms with van der Waals surface area (Å²) in [4.78, 5) is 23.5. The fourth-order valence-electron chi connectivity index (χ4n) is 1.44. The zero-order chi connectivity index (χ0) is 11.9. The Balaban J connectivity index is 2.35. The number of rotatable bonds is 1. The molecule has 0 aliphatic carbocycles. The Bertz CT molecular complexity index is 454. The molecular weight excluding hydrogens is 272 g/mol. The molecule has 1 saturated heterocycles. The summed E-state index contributed by atoms with van der Waals surface area (Å²) in [5.74, 6) is -0.514. The molecule has 16 heavy (non-hydrogen) atoms. The highest BCUT2D eigenvalue weighted by molar-refractivity contribution is 9.10. The molecule has 1 fully saturated rings. The van der Waals surface area contributed by atoms with E-state index in [4.69, 9.17) is 0 Å². The van der Waals surface area contributed by atoms with Gasteiger partial charge < -0.3 is 0 Å². The lowest BCUT2D eigenvalue weighted by molar-refractivity contribution is -0.133. The highest BCUT2D eigenvalue weighted by Crippen LogP contribution is 2.28. The van der Waals surface area contributed by atoms with Gasteiger partial charge in [0.15, 0.2) is 0 Å². The summed E-state index contributed by atoms with van der Waals surface area (Å²) in [5, 5.41) is 1.29. The van der Waals surface area contributed by atoms with E-state index < -0.39 is 5.41 Å². The minimum absolute atomic E-state index is 0.236. The topological polar surface area (TPSA) is 49.4 Å². The molecular formula is C11H11BrN2O2. The van der Waals surface area contributed by atoms with Crippen LogP contribution in [0.3, 0.4) is 0 Å². The van der Waals surface area contributed by atoms with E-state index in [1.807, 2.05) is 12.1 Å². The van der Waals surface area contributed by atoms with Crippen LogP contribution in [-0.2, 0) is 9.59 Å². The number of carbonyl (C=O) groups is 2. The van der Waals surface area contributed by atoms with Crippen molar-refractivity contribution in [2.45, 2.75) is 13.8 Å². The smallest absolute Gasteiger partial charge is 0.260 e. The van der Waals surface area contributed by atoms with Crippen LogP contribution in [0.25, 0.3) is 0 Å². The van der Waals surface area contributed by atoms with Gasteiger partial charge in [-0.2, -0.15) is 0 Å². The summed E-state index contributed by atoms with van der Waals surface area (Å²) in [6.07, 6.45) is 0. The third-order valence-corrected chi connectivity index (χ3v) is 3.13. The Morgan fingerprint density at radius 3 is 2.19 bits per heavy atom. The maximum absolute atomic E-state index is 12.0. The van der Waals surface area contributed by atoms with Crippen molar-refractivity contribution in [2.75, 3.05) is 5.01 Å². The average molecular weight is 283 g/mol. The summed E-state index contributed by atoms with van der Waals surface area (Å²) in [7, 11) is 0. The van der Waals surface area contributed by atoms with Gasteiger partial charge in [0, 0.05) is 4.47 Å². The molecule has 0 saturated carbocycles. The number of amides is 2. The van der Waals surface area contributed by atoms with Gasteiger partial charge in [-0.3, -0.25) is 15.0 Å². The number of hydrogen-bond donors (Lipinski definition) is 1. The van der Waals surface area contributed by atoms with Crippen molar-refractivity contribution < 1.29 is 9.59 Å². The highest BCUT2D eigenvalue weighted by atomic mass is 79.9. The third-order valence-electron chi connectivity index (χ3n) is 2.60. The number of hydrazine groups is 1. The molecule has 5 heteroatoms. The molecule has 0 atom stereocenters. The van der Waals surface area contributed by atoms with Gasteiger partial charge in [-0.1, -0.05) is 15.9 Å². The van der Waals surface area contributed by atoms with Gasteiger partial charge in [0.25, 0.3) is 11.8 Å². The van der Waals surface area contributed by atoms with E-state index in [-0.39, 0.29) is 11.8 Å². The summed E-state index contributed by atoms with van der Waals surface area (Å²) < 4.78 is 0.925. The number of anilines is 1. The van der Waals surface area contributed by atoms with Crippen molar-refractivity contribution in [3.05, 3.63) is 28.7 Å². The second-order valence-electron chi connectivity index (χ2n) is 4.18. The molecule has 1 aliphatic rings. The number of nitrogens with zero attached hydrogens (tertiary/aromatic N) is 1. The standard InChI is InChI=1S/C11H11BrN2O2/c1-11(2)9(15)13-14(10(11)16)8-5-3-7(12)4-6-8/h3-6H,1-2H3,(H,13,15). The maximum atomic E-state index is 12.0. The van der Waals surface area contributed by atoms with Crippen LogP contribution in [0.2, 0.25) is 0 Å². The van der Waals surface area contributed by atoms with Crippen LogP contribution in [-0.4, -0.2) is 11.8 Å². The van der Waals surface area contributed by atoms with Gasteiger partial charge in [0.1, 0.15) is 5.41 Å². The van der Waals surface area contributed by atoms with E-state index in [1.54, 1.807) is 26.0 Å². The van der Waals surface area contributed by atoms with Gasteiger partial charge in [-0.15, -0.1) is 0 Å². The van der Waals surface area contributed by atoms with Crippen molar-refractivity contribution in [2.24, 2.45) is 5.41 Å². The number of halogens is 1. The third kappa shape index (κ3) is 1.61. The number of carbonyl (C=O) groups excluding carboxylic acids is 2. The number of hydrogen-bond acceptors (Lipinski definition) is 2. The van der Waals surface area contributed by atoms with Crippen LogP contribution >= 0.6 is 15.9 Å². The molecule has 0 aromatic heterocycles. The lowest BCUT2D eigenvalue weighted by Gasteiger charge is -2.16. The van der Waals surface area contributed by atoms with Crippen LogP contribution < -0.4 is 10.4 Å². The zero-order valence-electron chi connectivity index (χ0n) is 8.95. The normalized spacial score (nSPS) is 18.8. The molecule has 1 heterocycles. The quantitative estimate of drug-likeness (QED) is 0.800. The van der Waals surface area contributed by atoms with Crippen molar-refractivity contribution in [1.82, 2.24) is 5.43 Å². The lowest BCUT2D eigenvalue weighted by atomic mass is 9.93. The van der Waals surface area contributed by atoms with Crippen LogP contribution in [0.1, 0.15) is 13.8 Å². The predicted molar refractivity (Wildman–Crippen MR) is 63.6 cm³/mol. The monoisotopic (exact) mass is 282 g/mol. The minimum atomic E-state index is -0.993. The summed E-state index contributed by atoms with van der Waals surface area (Å²) in [6.45, 7) is 3.23. The Morgan fingerprint density at radius 2 is 1.75 bits per heavy atom. The van der Waals surface area contributed by atoms with Gasteiger partial charge in [0.2, 0.25) is 0 Å². The second kappa shape index (κ2) is 3.59. The van der Waals surface area contributed by atoms with Crippen LogP contribution in [0.15, 0.2) is 28.7 Å². The van der Waals surface area contributed by atoms with Gasteiger partial charge in [-0.05, 0) is 38.1 Å². The first kappa shape index (κ1) is 11.1. The Hall–Kier alpha value is -1.36. The van der Waals surface area contributed by atoms with Gasteiger partial charge >= 0.3 is 0 Å². The summed E-state index contributed by atoms with van der Waals surface area (Å²) in [6, 6.07) is 7.17. The van der Waals surface area contributed by atoms with E-state index in [0.29, 0.717) is 5.69 Å². The highest BCUT2D eigenvalue weighted by Gasteiger charge is 2.47. The average Bonchev–Trinajstić information content (AvgIpc) is 2.44. The first-order valence-electron chi connectivity index (χ1n) is 4.84. The molecule has 0 bridgehead atoms. The fraction of sp³-hybridized carbons (Fsp3) is 0.273. The number of benzene rings is 1. The molecule has 1 aromatic carbocycles. The van der Waals surface area contributed by atoms with E-state index in [0.717, 1.165) is 4.47 Å². The molecule has 2 rings (SSSR count). The zero-order valence-corrected chi connectivity index (χ0v) is 10.5.